The third-order valence-electron chi connectivity index (χ3n) is 2.70. The molecule has 0 atom stereocenters. The highest BCUT2D eigenvalue weighted by Gasteiger charge is 2.12. The number of hydrogen-bond donors (Lipinski definition) is 1. The molecule has 0 aliphatic carbocycles. The van der Waals surface area contributed by atoms with Gasteiger partial charge in [0.2, 0.25) is 0 Å². The molecule has 0 amide bonds. The number of aryl methyl sites for hydroxylation is 1. The van der Waals surface area contributed by atoms with Crippen LogP contribution < -0.4 is 0 Å². The summed E-state index contributed by atoms with van der Waals surface area (Å²) in [6, 6.07) is 6.92. The van der Waals surface area contributed by atoms with Crippen molar-refractivity contribution in [2.75, 3.05) is 0 Å². The molecule has 0 saturated carbocycles. The van der Waals surface area contributed by atoms with Gasteiger partial charge in [-0.15, -0.1) is 0 Å². The normalized spacial score (nSPS) is 11.0. The third kappa shape index (κ3) is 3.30. The van der Waals surface area contributed by atoms with E-state index in [1.165, 1.54) is 30.3 Å². The molecule has 0 aliphatic rings. The van der Waals surface area contributed by atoms with Gasteiger partial charge in [0.1, 0.15) is 5.82 Å². The number of fused-ring (bicyclic) bond motifs is 1. The van der Waals surface area contributed by atoms with Gasteiger partial charge < -0.3 is 0 Å². The first-order valence-corrected chi connectivity index (χ1v) is 7.56. The van der Waals surface area contributed by atoms with Crippen molar-refractivity contribution in [3.8, 4) is 0 Å². The topological polar surface area (TPSA) is 54.4 Å². The molecule has 0 bridgehead atoms. The van der Waals surface area contributed by atoms with Crippen molar-refractivity contribution >= 4 is 20.9 Å². The second-order valence-corrected chi connectivity index (χ2v) is 5.16. The summed E-state index contributed by atoms with van der Waals surface area (Å²) in [4.78, 5) is -0.182. The summed E-state index contributed by atoms with van der Waals surface area (Å²) in [5.74, 6) is -0.306. The lowest BCUT2D eigenvalue weighted by molar-refractivity contribution is 0.483. The van der Waals surface area contributed by atoms with Gasteiger partial charge in [-0.25, -0.2) is 4.39 Å². The minimum Gasteiger partial charge on any atom is -0.282 e. The van der Waals surface area contributed by atoms with Crippen LogP contribution in [0.25, 0.3) is 10.8 Å². The van der Waals surface area contributed by atoms with Crippen molar-refractivity contribution in [1.29, 1.82) is 0 Å². The molecule has 0 heterocycles. The van der Waals surface area contributed by atoms with E-state index in [0.29, 0.717) is 22.8 Å². The molecular formula is C14H17FO3S. The summed E-state index contributed by atoms with van der Waals surface area (Å²) in [6.07, 6.45) is 0.522. The van der Waals surface area contributed by atoms with Crippen LogP contribution in [0.2, 0.25) is 0 Å². The Morgan fingerprint density at radius 1 is 1.16 bits per heavy atom. The zero-order valence-corrected chi connectivity index (χ0v) is 12.0. The van der Waals surface area contributed by atoms with Crippen molar-refractivity contribution < 1.29 is 17.4 Å². The molecule has 2 aromatic carbocycles. The fraction of sp³-hybridized carbons (Fsp3) is 0.286. The summed E-state index contributed by atoms with van der Waals surface area (Å²) >= 11 is 0. The van der Waals surface area contributed by atoms with Gasteiger partial charge in [-0.1, -0.05) is 32.9 Å². The van der Waals surface area contributed by atoms with Crippen molar-refractivity contribution in [3.63, 3.8) is 0 Å². The molecular weight excluding hydrogens is 267 g/mol. The van der Waals surface area contributed by atoms with E-state index in [1.807, 2.05) is 20.8 Å². The van der Waals surface area contributed by atoms with Gasteiger partial charge in [0.15, 0.2) is 0 Å². The number of hydrogen-bond acceptors (Lipinski definition) is 2. The molecule has 0 radical (unpaired) electrons. The first-order chi connectivity index (χ1) is 8.93. The van der Waals surface area contributed by atoms with E-state index in [-0.39, 0.29) is 10.7 Å². The average molecular weight is 284 g/mol. The van der Waals surface area contributed by atoms with E-state index >= 15 is 0 Å². The van der Waals surface area contributed by atoms with Crippen LogP contribution in [-0.4, -0.2) is 13.0 Å². The van der Waals surface area contributed by atoms with E-state index in [1.54, 1.807) is 0 Å². The molecule has 0 fully saturated rings. The van der Waals surface area contributed by atoms with Gasteiger partial charge in [0.25, 0.3) is 10.1 Å². The van der Waals surface area contributed by atoms with Crippen LogP contribution in [-0.2, 0) is 16.5 Å². The lowest BCUT2D eigenvalue weighted by Gasteiger charge is -2.07. The molecule has 3 nitrogen and oxygen atoms in total. The van der Waals surface area contributed by atoms with Crippen molar-refractivity contribution in [2.24, 2.45) is 0 Å². The maximum Gasteiger partial charge on any atom is 0.294 e. The monoisotopic (exact) mass is 284 g/mol. The molecule has 2 rings (SSSR count). The molecule has 0 aromatic heterocycles. The summed E-state index contributed by atoms with van der Waals surface area (Å²) in [7, 11) is -4.22. The standard InChI is InChI=1S/C12H11FO3S.C2H6/c1-2-10-11-5-4-9(17(14,15)16)7-8(11)3-6-12(10)13;1-2/h3-7H,2H2,1H3,(H,14,15,16);1-2H3. The van der Waals surface area contributed by atoms with Crippen LogP contribution in [0.3, 0.4) is 0 Å². The highest BCUT2D eigenvalue weighted by Crippen LogP contribution is 2.24. The molecule has 0 spiro atoms. The molecule has 0 aliphatic heterocycles. The molecule has 0 saturated heterocycles. The lowest BCUT2D eigenvalue weighted by Crippen LogP contribution is -1.98. The molecule has 104 valence electrons. The number of halogens is 1. The molecule has 2 aromatic rings. The van der Waals surface area contributed by atoms with Crippen LogP contribution in [0, 0.1) is 5.82 Å². The van der Waals surface area contributed by atoms with Crippen LogP contribution in [0.1, 0.15) is 26.3 Å². The first-order valence-electron chi connectivity index (χ1n) is 6.12. The van der Waals surface area contributed by atoms with Crippen LogP contribution >= 0.6 is 0 Å². The minimum atomic E-state index is -4.22. The van der Waals surface area contributed by atoms with Gasteiger partial charge in [0.05, 0.1) is 4.90 Å². The van der Waals surface area contributed by atoms with Gasteiger partial charge in [-0.2, -0.15) is 8.42 Å². The van der Waals surface area contributed by atoms with Crippen molar-refractivity contribution in [2.45, 2.75) is 32.1 Å². The Morgan fingerprint density at radius 3 is 2.32 bits per heavy atom. The lowest BCUT2D eigenvalue weighted by atomic mass is 10.0. The summed E-state index contributed by atoms with van der Waals surface area (Å²) in [6.45, 7) is 5.83. The smallest absolute Gasteiger partial charge is 0.282 e. The Hall–Kier alpha value is -1.46. The van der Waals surface area contributed by atoms with Crippen molar-refractivity contribution in [3.05, 3.63) is 41.7 Å². The second kappa shape index (κ2) is 6.12. The fourth-order valence-electron chi connectivity index (χ4n) is 1.87. The highest BCUT2D eigenvalue weighted by atomic mass is 32.2. The highest BCUT2D eigenvalue weighted by molar-refractivity contribution is 7.85. The predicted molar refractivity (Wildman–Crippen MR) is 74.4 cm³/mol. The van der Waals surface area contributed by atoms with Crippen LogP contribution in [0.5, 0.6) is 0 Å². The van der Waals surface area contributed by atoms with Gasteiger partial charge in [0, 0.05) is 0 Å². The Balaban J connectivity index is 0.000000861. The second-order valence-electron chi connectivity index (χ2n) is 3.74. The van der Waals surface area contributed by atoms with Gasteiger partial charge >= 0.3 is 0 Å². The number of benzene rings is 2. The molecule has 1 N–H and O–H groups in total. The van der Waals surface area contributed by atoms with Crippen molar-refractivity contribution in [1.82, 2.24) is 0 Å². The Labute approximate surface area is 112 Å². The quantitative estimate of drug-likeness (QED) is 0.853. The van der Waals surface area contributed by atoms with E-state index in [9.17, 15) is 12.8 Å². The maximum atomic E-state index is 13.5. The van der Waals surface area contributed by atoms with E-state index < -0.39 is 10.1 Å². The summed E-state index contributed by atoms with van der Waals surface area (Å²) in [5, 5.41) is 1.26. The van der Waals surface area contributed by atoms with Crippen LogP contribution in [0.15, 0.2) is 35.2 Å². The Bertz CT molecular complexity index is 678. The van der Waals surface area contributed by atoms with Crippen LogP contribution in [0.4, 0.5) is 4.39 Å². The molecule has 19 heavy (non-hydrogen) atoms. The largest absolute Gasteiger partial charge is 0.294 e. The van der Waals surface area contributed by atoms with E-state index in [4.69, 9.17) is 4.55 Å². The predicted octanol–water partition coefficient (Wildman–Crippen LogP) is 3.81. The zero-order chi connectivity index (χ0) is 14.6. The van der Waals surface area contributed by atoms with Gasteiger partial charge in [-0.3, -0.25) is 4.55 Å². The SMILES string of the molecule is CC.CCc1c(F)ccc2cc(S(=O)(=O)O)ccc12. The summed E-state index contributed by atoms with van der Waals surface area (Å²) in [5.41, 5.74) is 0.546. The zero-order valence-electron chi connectivity index (χ0n) is 11.1. The van der Waals surface area contributed by atoms with E-state index in [2.05, 4.69) is 0 Å². The fourth-order valence-corrected chi connectivity index (χ4v) is 2.38. The van der Waals surface area contributed by atoms with Gasteiger partial charge in [-0.05, 0) is 41.0 Å². The van der Waals surface area contributed by atoms with E-state index in [0.717, 1.165) is 0 Å². The summed E-state index contributed by atoms with van der Waals surface area (Å²) < 4.78 is 44.4. The maximum absolute atomic E-state index is 13.5. The Morgan fingerprint density at radius 2 is 1.79 bits per heavy atom. The first kappa shape index (κ1) is 15.6. The molecule has 0 unspecified atom stereocenters. The average Bonchev–Trinajstić information content (AvgIpc) is 2.39. The molecule has 5 heteroatoms. The number of rotatable bonds is 2. The Kier molecular flexibility index (Phi) is 5.03. The minimum absolute atomic E-state index is 0.182. The third-order valence-corrected chi connectivity index (χ3v) is 3.55.